The van der Waals surface area contributed by atoms with Crippen LogP contribution < -0.4 is 0 Å². The summed E-state index contributed by atoms with van der Waals surface area (Å²) in [5.74, 6) is 0.433. The smallest absolute Gasteiger partial charge is 0.0642 e. The molecule has 0 aromatic heterocycles. The minimum Gasteiger partial charge on any atom is -0.390 e. The van der Waals surface area contributed by atoms with E-state index in [-0.39, 0.29) is 0 Å². The molecule has 0 aromatic rings. The lowest BCUT2D eigenvalue weighted by molar-refractivity contribution is -0.000831. The molecule has 0 aliphatic heterocycles. The van der Waals surface area contributed by atoms with Gasteiger partial charge in [0.05, 0.1) is 5.60 Å². The van der Waals surface area contributed by atoms with Crippen molar-refractivity contribution in [3.8, 4) is 0 Å². The van der Waals surface area contributed by atoms with E-state index < -0.39 is 5.60 Å². The first-order valence-corrected chi connectivity index (χ1v) is 4.27. The molecule has 62 valence electrons. The van der Waals surface area contributed by atoms with Crippen molar-refractivity contribution in [2.24, 2.45) is 5.92 Å². The number of aliphatic hydroxyl groups is 1. The van der Waals surface area contributed by atoms with Crippen molar-refractivity contribution in [3.05, 3.63) is 0 Å². The summed E-state index contributed by atoms with van der Waals surface area (Å²) in [6.45, 7) is 8.23. The third-order valence-corrected chi connectivity index (χ3v) is 2.50. The summed E-state index contributed by atoms with van der Waals surface area (Å²) in [5, 5.41) is 9.72. The van der Waals surface area contributed by atoms with Crippen LogP contribution in [0, 0.1) is 5.92 Å². The van der Waals surface area contributed by atoms with Gasteiger partial charge < -0.3 is 5.11 Å². The minimum atomic E-state index is -0.448. The third-order valence-electron chi connectivity index (χ3n) is 2.50. The molecule has 0 radical (unpaired) electrons. The van der Waals surface area contributed by atoms with E-state index in [4.69, 9.17) is 0 Å². The molecule has 2 atom stereocenters. The van der Waals surface area contributed by atoms with Gasteiger partial charge in [-0.1, -0.05) is 27.2 Å². The molecule has 0 rings (SSSR count). The van der Waals surface area contributed by atoms with E-state index in [1.807, 2.05) is 13.8 Å². The van der Waals surface area contributed by atoms with Crippen LogP contribution in [0.25, 0.3) is 0 Å². The van der Waals surface area contributed by atoms with Gasteiger partial charge in [-0.3, -0.25) is 0 Å². The zero-order chi connectivity index (χ0) is 8.20. The summed E-state index contributed by atoms with van der Waals surface area (Å²) in [7, 11) is 0. The highest BCUT2D eigenvalue weighted by Gasteiger charge is 2.24. The fourth-order valence-electron chi connectivity index (χ4n) is 1.09. The molecular weight excluding hydrogens is 124 g/mol. The van der Waals surface area contributed by atoms with Crippen LogP contribution in [0.1, 0.15) is 47.0 Å². The molecule has 1 heteroatoms. The molecule has 0 amide bonds. The van der Waals surface area contributed by atoms with Gasteiger partial charge in [-0.2, -0.15) is 0 Å². The fraction of sp³-hybridized carbons (Fsp3) is 1.00. The van der Waals surface area contributed by atoms with E-state index in [2.05, 4.69) is 13.8 Å². The maximum Gasteiger partial charge on any atom is 0.0642 e. The molecule has 10 heavy (non-hydrogen) atoms. The van der Waals surface area contributed by atoms with Gasteiger partial charge in [0.2, 0.25) is 0 Å². The first kappa shape index (κ1) is 9.96. The highest BCUT2D eigenvalue weighted by Crippen LogP contribution is 2.24. The Morgan fingerprint density at radius 1 is 1.40 bits per heavy atom. The molecule has 2 unspecified atom stereocenters. The van der Waals surface area contributed by atoms with Crippen molar-refractivity contribution in [1.29, 1.82) is 0 Å². The number of rotatable bonds is 4. The lowest BCUT2D eigenvalue weighted by atomic mass is 9.85. The second-order valence-electron chi connectivity index (χ2n) is 3.40. The van der Waals surface area contributed by atoms with Crippen LogP contribution in [0.3, 0.4) is 0 Å². The normalized spacial score (nSPS) is 20.1. The molecule has 0 bridgehead atoms. The Kier molecular flexibility index (Phi) is 3.95. The average Bonchev–Trinajstić information content (AvgIpc) is 1.89. The quantitative estimate of drug-likeness (QED) is 0.643. The third kappa shape index (κ3) is 2.70. The largest absolute Gasteiger partial charge is 0.390 e. The van der Waals surface area contributed by atoms with Crippen LogP contribution >= 0.6 is 0 Å². The Labute approximate surface area is 64.5 Å². The molecule has 1 nitrogen and oxygen atoms in total. The standard InChI is InChI=1S/C9H20O/c1-5-7-8(3)9(4,10)6-2/h8,10H,5-7H2,1-4H3. The van der Waals surface area contributed by atoms with Gasteiger partial charge in [-0.15, -0.1) is 0 Å². The predicted octanol–water partition coefficient (Wildman–Crippen LogP) is 2.58. The first-order chi connectivity index (χ1) is 4.54. The van der Waals surface area contributed by atoms with Crippen LogP contribution in [0.4, 0.5) is 0 Å². The second kappa shape index (κ2) is 3.97. The zero-order valence-corrected chi connectivity index (χ0v) is 7.65. The molecule has 0 heterocycles. The van der Waals surface area contributed by atoms with Crippen LogP contribution in [0.15, 0.2) is 0 Å². The Morgan fingerprint density at radius 3 is 2.20 bits per heavy atom. The summed E-state index contributed by atoms with van der Waals surface area (Å²) in [5.41, 5.74) is -0.448. The lowest BCUT2D eigenvalue weighted by Gasteiger charge is -2.28. The van der Waals surface area contributed by atoms with Gasteiger partial charge in [-0.25, -0.2) is 0 Å². The van der Waals surface area contributed by atoms with E-state index in [1.54, 1.807) is 0 Å². The lowest BCUT2D eigenvalue weighted by Crippen LogP contribution is -2.31. The van der Waals surface area contributed by atoms with Gasteiger partial charge in [0, 0.05) is 0 Å². The van der Waals surface area contributed by atoms with Crippen molar-refractivity contribution in [2.75, 3.05) is 0 Å². The summed E-state index contributed by atoms with van der Waals surface area (Å²) in [4.78, 5) is 0. The van der Waals surface area contributed by atoms with Gasteiger partial charge in [0.25, 0.3) is 0 Å². The highest BCUT2D eigenvalue weighted by molar-refractivity contribution is 4.76. The van der Waals surface area contributed by atoms with Crippen LogP contribution in [0.2, 0.25) is 0 Å². The topological polar surface area (TPSA) is 20.2 Å². The van der Waals surface area contributed by atoms with Gasteiger partial charge >= 0.3 is 0 Å². The summed E-state index contributed by atoms with van der Waals surface area (Å²) >= 11 is 0. The van der Waals surface area contributed by atoms with Crippen molar-refractivity contribution in [1.82, 2.24) is 0 Å². The second-order valence-corrected chi connectivity index (χ2v) is 3.40. The zero-order valence-electron chi connectivity index (χ0n) is 7.65. The van der Waals surface area contributed by atoms with E-state index in [1.165, 1.54) is 0 Å². The first-order valence-electron chi connectivity index (χ1n) is 4.27. The van der Waals surface area contributed by atoms with Crippen molar-refractivity contribution >= 4 is 0 Å². The Bertz CT molecular complexity index is 86.7. The molecule has 0 aliphatic carbocycles. The van der Waals surface area contributed by atoms with Gasteiger partial charge in [0.15, 0.2) is 0 Å². The van der Waals surface area contributed by atoms with Crippen molar-refractivity contribution in [3.63, 3.8) is 0 Å². The van der Waals surface area contributed by atoms with E-state index in [9.17, 15) is 5.11 Å². The molecule has 0 saturated heterocycles. The Hall–Kier alpha value is -0.0400. The number of hydrogen-bond donors (Lipinski definition) is 1. The van der Waals surface area contributed by atoms with Crippen LogP contribution in [0.5, 0.6) is 0 Å². The van der Waals surface area contributed by atoms with E-state index >= 15 is 0 Å². The summed E-state index contributed by atoms with van der Waals surface area (Å²) in [6, 6.07) is 0. The molecule has 0 aromatic carbocycles. The molecular formula is C9H20O. The Morgan fingerprint density at radius 2 is 1.90 bits per heavy atom. The summed E-state index contributed by atoms with van der Waals surface area (Å²) in [6.07, 6.45) is 3.15. The fourth-order valence-corrected chi connectivity index (χ4v) is 1.09. The van der Waals surface area contributed by atoms with E-state index in [0.29, 0.717) is 5.92 Å². The molecule has 0 aliphatic rings. The SMILES string of the molecule is CCCC(C)C(C)(O)CC. The minimum absolute atomic E-state index is 0.433. The van der Waals surface area contributed by atoms with Gasteiger partial charge in [0.1, 0.15) is 0 Å². The molecule has 0 fully saturated rings. The van der Waals surface area contributed by atoms with Crippen LogP contribution in [-0.4, -0.2) is 10.7 Å². The maximum absolute atomic E-state index is 9.72. The van der Waals surface area contributed by atoms with Gasteiger partial charge in [-0.05, 0) is 25.7 Å². The maximum atomic E-state index is 9.72. The predicted molar refractivity (Wildman–Crippen MR) is 45.0 cm³/mol. The van der Waals surface area contributed by atoms with Crippen molar-refractivity contribution in [2.45, 2.75) is 52.6 Å². The number of hydrogen-bond acceptors (Lipinski definition) is 1. The van der Waals surface area contributed by atoms with Crippen molar-refractivity contribution < 1.29 is 5.11 Å². The van der Waals surface area contributed by atoms with Crippen LogP contribution in [-0.2, 0) is 0 Å². The molecule has 0 spiro atoms. The van der Waals surface area contributed by atoms with E-state index in [0.717, 1.165) is 19.3 Å². The average molecular weight is 144 g/mol. The monoisotopic (exact) mass is 144 g/mol. The highest BCUT2D eigenvalue weighted by atomic mass is 16.3. The molecule has 1 N–H and O–H groups in total. The Balaban J connectivity index is 3.78. The summed E-state index contributed by atoms with van der Waals surface area (Å²) < 4.78 is 0. The molecule has 0 saturated carbocycles.